The molecular weight excluding hydrogens is 353 g/mol. The van der Waals surface area contributed by atoms with E-state index in [1.165, 1.54) is 11.6 Å². The third-order valence-electron chi connectivity index (χ3n) is 3.47. The van der Waals surface area contributed by atoms with Crippen LogP contribution in [0.5, 0.6) is 0 Å². The van der Waals surface area contributed by atoms with Gasteiger partial charge in [0.05, 0.1) is 0 Å². The maximum absolute atomic E-state index is 14.0. The van der Waals surface area contributed by atoms with E-state index in [-0.39, 0.29) is 11.7 Å². The van der Waals surface area contributed by atoms with Crippen molar-refractivity contribution in [1.29, 1.82) is 0 Å². The van der Waals surface area contributed by atoms with Gasteiger partial charge in [0.25, 0.3) is 0 Å². The summed E-state index contributed by atoms with van der Waals surface area (Å²) in [7, 11) is 0. The van der Waals surface area contributed by atoms with Gasteiger partial charge in [0.1, 0.15) is 5.82 Å². The van der Waals surface area contributed by atoms with E-state index in [2.05, 4.69) is 40.3 Å². The summed E-state index contributed by atoms with van der Waals surface area (Å²) in [5, 5.41) is 3.84. The summed E-state index contributed by atoms with van der Waals surface area (Å²) < 4.78 is 15.0. The third kappa shape index (κ3) is 4.53. The van der Waals surface area contributed by atoms with E-state index in [0.717, 1.165) is 17.6 Å². The van der Waals surface area contributed by atoms with Crippen LogP contribution in [0.25, 0.3) is 0 Å². The van der Waals surface area contributed by atoms with Gasteiger partial charge in [-0.3, -0.25) is 0 Å². The lowest BCUT2D eigenvalue weighted by atomic mass is 9.91. The van der Waals surface area contributed by atoms with Crippen LogP contribution in [-0.4, -0.2) is 13.1 Å². The minimum absolute atomic E-state index is 0.178. The number of hydrogen-bond donors (Lipinski definition) is 1. The summed E-state index contributed by atoms with van der Waals surface area (Å²) in [6.07, 6.45) is 0.578. The van der Waals surface area contributed by atoms with Gasteiger partial charge < -0.3 is 5.32 Å². The van der Waals surface area contributed by atoms with Crippen LogP contribution in [-0.2, 0) is 6.42 Å². The first-order valence-corrected chi connectivity index (χ1v) is 8.18. The lowest BCUT2D eigenvalue weighted by Gasteiger charge is -2.19. The standard InChI is InChI=1S/C17H18BrClFN/c1-2-21-11-13(12-5-3-6-14(18)9-12)10-15-16(19)7-4-8-17(15)20/h3-9,13,21H,2,10-11H2,1H3. The highest BCUT2D eigenvalue weighted by molar-refractivity contribution is 9.10. The lowest BCUT2D eigenvalue weighted by molar-refractivity contribution is 0.562. The second kappa shape index (κ2) is 7.92. The van der Waals surface area contributed by atoms with Crippen LogP contribution in [0.4, 0.5) is 4.39 Å². The second-order valence-electron chi connectivity index (χ2n) is 4.96. The predicted molar refractivity (Wildman–Crippen MR) is 90.5 cm³/mol. The number of hydrogen-bond acceptors (Lipinski definition) is 1. The maximum Gasteiger partial charge on any atom is 0.127 e. The highest BCUT2D eigenvalue weighted by Gasteiger charge is 2.17. The molecule has 1 nitrogen and oxygen atoms in total. The molecule has 0 aliphatic heterocycles. The van der Waals surface area contributed by atoms with Crippen LogP contribution in [0.2, 0.25) is 5.02 Å². The molecule has 0 aliphatic rings. The Morgan fingerprint density at radius 2 is 2.00 bits per heavy atom. The molecule has 0 bridgehead atoms. The first kappa shape index (κ1) is 16.5. The van der Waals surface area contributed by atoms with Crippen molar-refractivity contribution >= 4 is 27.5 Å². The van der Waals surface area contributed by atoms with Gasteiger partial charge in [-0.15, -0.1) is 0 Å². The van der Waals surface area contributed by atoms with E-state index in [9.17, 15) is 4.39 Å². The van der Waals surface area contributed by atoms with Gasteiger partial charge in [-0.1, -0.05) is 52.7 Å². The highest BCUT2D eigenvalue weighted by atomic mass is 79.9. The van der Waals surface area contributed by atoms with Crippen LogP contribution < -0.4 is 5.32 Å². The van der Waals surface area contributed by atoms with Crippen molar-refractivity contribution in [3.8, 4) is 0 Å². The highest BCUT2D eigenvalue weighted by Crippen LogP contribution is 2.28. The van der Waals surface area contributed by atoms with Crippen LogP contribution in [0.3, 0.4) is 0 Å². The minimum atomic E-state index is -0.237. The zero-order valence-electron chi connectivity index (χ0n) is 11.9. The molecule has 4 heteroatoms. The smallest absolute Gasteiger partial charge is 0.127 e. The normalized spacial score (nSPS) is 12.4. The molecule has 0 radical (unpaired) electrons. The van der Waals surface area contributed by atoms with Gasteiger partial charge in [0, 0.05) is 27.5 Å². The maximum atomic E-state index is 14.0. The van der Waals surface area contributed by atoms with Crippen LogP contribution >= 0.6 is 27.5 Å². The summed E-state index contributed by atoms with van der Waals surface area (Å²) in [5.41, 5.74) is 1.76. The number of halogens is 3. The van der Waals surface area contributed by atoms with Gasteiger partial charge in [-0.2, -0.15) is 0 Å². The fourth-order valence-electron chi connectivity index (χ4n) is 2.36. The average Bonchev–Trinajstić information content (AvgIpc) is 2.46. The van der Waals surface area contributed by atoms with Gasteiger partial charge in [-0.25, -0.2) is 4.39 Å². The van der Waals surface area contributed by atoms with E-state index in [0.29, 0.717) is 17.0 Å². The number of benzene rings is 2. The SMILES string of the molecule is CCNCC(Cc1c(F)cccc1Cl)c1cccc(Br)c1. The minimum Gasteiger partial charge on any atom is -0.316 e. The van der Waals surface area contributed by atoms with Crippen molar-refractivity contribution in [2.75, 3.05) is 13.1 Å². The number of likely N-dealkylation sites (N-methyl/N-ethyl adjacent to an activating group) is 1. The molecule has 2 rings (SSSR count). The quantitative estimate of drug-likeness (QED) is 0.739. The molecule has 0 fully saturated rings. The van der Waals surface area contributed by atoms with E-state index in [4.69, 9.17) is 11.6 Å². The fraction of sp³-hybridized carbons (Fsp3) is 0.294. The van der Waals surface area contributed by atoms with Crippen LogP contribution in [0.15, 0.2) is 46.9 Å². The Bertz CT molecular complexity index is 583. The summed E-state index contributed by atoms with van der Waals surface area (Å²) >= 11 is 9.65. The molecule has 1 atom stereocenters. The van der Waals surface area contributed by atoms with Crippen molar-refractivity contribution in [3.63, 3.8) is 0 Å². The van der Waals surface area contributed by atoms with Crippen molar-refractivity contribution in [2.45, 2.75) is 19.3 Å². The van der Waals surface area contributed by atoms with E-state index in [1.54, 1.807) is 12.1 Å². The molecule has 0 spiro atoms. The second-order valence-corrected chi connectivity index (χ2v) is 6.29. The van der Waals surface area contributed by atoms with Crippen LogP contribution in [0, 0.1) is 5.82 Å². The van der Waals surface area contributed by atoms with Gasteiger partial charge >= 0.3 is 0 Å². The average molecular weight is 371 g/mol. The van der Waals surface area contributed by atoms with E-state index >= 15 is 0 Å². The molecular formula is C17H18BrClFN. The Hall–Kier alpha value is -0.900. The topological polar surface area (TPSA) is 12.0 Å². The zero-order valence-corrected chi connectivity index (χ0v) is 14.2. The number of nitrogens with one attached hydrogen (secondary N) is 1. The molecule has 112 valence electrons. The molecule has 1 N–H and O–H groups in total. The summed E-state index contributed by atoms with van der Waals surface area (Å²) in [6, 6.07) is 13.0. The third-order valence-corrected chi connectivity index (χ3v) is 4.32. The zero-order chi connectivity index (χ0) is 15.2. The Morgan fingerprint density at radius 1 is 1.24 bits per heavy atom. The Kier molecular flexibility index (Phi) is 6.22. The molecule has 0 amide bonds. The largest absolute Gasteiger partial charge is 0.316 e. The molecule has 0 saturated carbocycles. The molecule has 0 aliphatic carbocycles. The predicted octanol–water partition coefficient (Wildman–Crippen LogP) is 5.18. The molecule has 0 aromatic heterocycles. The monoisotopic (exact) mass is 369 g/mol. The van der Waals surface area contributed by atoms with Gasteiger partial charge in [0.15, 0.2) is 0 Å². The van der Waals surface area contributed by atoms with Crippen molar-refractivity contribution in [2.24, 2.45) is 0 Å². The van der Waals surface area contributed by atoms with Crippen molar-refractivity contribution < 1.29 is 4.39 Å². The van der Waals surface area contributed by atoms with E-state index < -0.39 is 0 Å². The molecule has 2 aromatic carbocycles. The fourth-order valence-corrected chi connectivity index (χ4v) is 3.02. The van der Waals surface area contributed by atoms with Crippen molar-refractivity contribution in [3.05, 3.63) is 68.9 Å². The number of rotatable bonds is 6. The lowest BCUT2D eigenvalue weighted by Crippen LogP contribution is -2.23. The van der Waals surface area contributed by atoms with E-state index in [1.807, 2.05) is 12.1 Å². The summed E-state index contributed by atoms with van der Waals surface area (Å²) in [5.74, 6) is -0.0594. The molecule has 1 unspecified atom stereocenters. The van der Waals surface area contributed by atoms with Gasteiger partial charge in [0.2, 0.25) is 0 Å². The first-order valence-electron chi connectivity index (χ1n) is 7.01. The Balaban J connectivity index is 2.28. The molecule has 2 aromatic rings. The van der Waals surface area contributed by atoms with Crippen molar-refractivity contribution in [1.82, 2.24) is 5.32 Å². The Morgan fingerprint density at radius 3 is 2.67 bits per heavy atom. The van der Waals surface area contributed by atoms with Crippen LogP contribution in [0.1, 0.15) is 24.0 Å². The summed E-state index contributed by atoms with van der Waals surface area (Å²) in [6.45, 7) is 3.74. The van der Waals surface area contributed by atoms with Gasteiger partial charge in [-0.05, 0) is 42.8 Å². The summed E-state index contributed by atoms with van der Waals surface area (Å²) in [4.78, 5) is 0. The first-order chi connectivity index (χ1) is 10.1. The molecule has 0 heterocycles. The Labute approximate surface area is 138 Å². The molecule has 21 heavy (non-hydrogen) atoms. The molecule has 0 saturated heterocycles.